The molecule has 0 saturated heterocycles. The molecule has 6 heteroatoms. The number of carboxylic acids is 1. The van der Waals surface area contributed by atoms with E-state index in [1.54, 1.807) is 37.4 Å². The van der Waals surface area contributed by atoms with E-state index < -0.39 is 18.0 Å². The summed E-state index contributed by atoms with van der Waals surface area (Å²) < 4.78 is 0. The molecule has 6 nitrogen and oxygen atoms in total. The largest absolute Gasteiger partial charge is 0.479 e. The summed E-state index contributed by atoms with van der Waals surface area (Å²) in [5, 5.41) is 20.3. The Bertz CT molecular complexity index is 422. The van der Waals surface area contributed by atoms with E-state index in [-0.39, 0.29) is 6.61 Å². The van der Waals surface area contributed by atoms with E-state index in [1.807, 2.05) is 0 Å². The highest BCUT2D eigenvalue weighted by Crippen LogP contribution is 2.13. The van der Waals surface area contributed by atoms with Crippen LogP contribution in [0.1, 0.15) is 18.0 Å². The monoisotopic (exact) mass is 266 g/mol. The number of hydrogen-bond donors (Lipinski definition) is 3. The molecule has 0 bridgehead atoms. The smallest absolute Gasteiger partial charge is 0.330 e. The Morgan fingerprint density at radius 1 is 1.32 bits per heavy atom. The second-order valence-electron chi connectivity index (χ2n) is 4.13. The van der Waals surface area contributed by atoms with Crippen molar-refractivity contribution in [3.63, 3.8) is 0 Å². The molecule has 1 aromatic rings. The molecular formula is C13H18N2O4. The van der Waals surface area contributed by atoms with Crippen molar-refractivity contribution in [2.45, 2.75) is 12.5 Å². The number of aliphatic hydroxyl groups excluding tert-OH is 1. The first-order chi connectivity index (χ1) is 9.06. The Balaban J connectivity index is 2.70. The molecule has 0 saturated carbocycles. The van der Waals surface area contributed by atoms with Gasteiger partial charge in [0, 0.05) is 20.2 Å². The second kappa shape index (κ2) is 7.38. The SMILES string of the molecule is CN(CCCO)C(=O)N[C@@H](C(=O)O)c1ccccc1. The normalized spacial score (nSPS) is 11.7. The molecule has 2 amide bonds. The minimum Gasteiger partial charge on any atom is -0.479 e. The van der Waals surface area contributed by atoms with E-state index >= 15 is 0 Å². The Hall–Kier alpha value is -2.08. The molecule has 19 heavy (non-hydrogen) atoms. The van der Waals surface area contributed by atoms with Crippen molar-refractivity contribution in [2.24, 2.45) is 0 Å². The van der Waals surface area contributed by atoms with E-state index in [2.05, 4.69) is 5.32 Å². The number of aliphatic carboxylic acids is 1. The van der Waals surface area contributed by atoms with E-state index in [0.717, 1.165) is 0 Å². The van der Waals surface area contributed by atoms with Crippen molar-refractivity contribution in [3.05, 3.63) is 35.9 Å². The average Bonchev–Trinajstić information content (AvgIpc) is 2.42. The number of nitrogens with one attached hydrogen (secondary N) is 1. The lowest BCUT2D eigenvalue weighted by molar-refractivity contribution is -0.139. The molecule has 3 N–H and O–H groups in total. The van der Waals surface area contributed by atoms with Crippen molar-refractivity contribution in [1.29, 1.82) is 0 Å². The number of amides is 2. The van der Waals surface area contributed by atoms with Gasteiger partial charge >= 0.3 is 12.0 Å². The van der Waals surface area contributed by atoms with E-state index in [0.29, 0.717) is 18.5 Å². The van der Waals surface area contributed by atoms with Crippen molar-refractivity contribution in [3.8, 4) is 0 Å². The molecule has 0 aliphatic heterocycles. The summed E-state index contributed by atoms with van der Waals surface area (Å²) >= 11 is 0. The molecule has 0 unspecified atom stereocenters. The number of carbonyl (C=O) groups excluding carboxylic acids is 1. The van der Waals surface area contributed by atoms with Crippen LogP contribution in [0.5, 0.6) is 0 Å². The van der Waals surface area contributed by atoms with Crippen LogP contribution in [-0.4, -0.2) is 47.3 Å². The average molecular weight is 266 g/mol. The molecule has 1 aromatic carbocycles. The van der Waals surface area contributed by atoms with Crippen LogP contribution < -0.4 is 5.32 Å². The van der Waals surface area contributed by atoms with Crippen LogP contribution >= 0.6 is 0 Å². The van der Waals surface area contributed by atoms with Gasteiger partial charge in [0.25, 0.3) is 0 Å². The first-order valence-electron chi connectivity index (χ1n) is 5.96. The molecule has 0 aliphatic rings. The summed E-state index contributed by atoms with van der Waals surface area (Å²) in [5.74, 6) is -1.12. The zero-order chi connectivity index (χ0) is 14.3. The number of carbonyl (C=O) groups is 2. The molecule has 1 rings (SSSR count). The van der Waals surface area contributed by atoms with E-state index in [9.17, 15) is 9.59 Å². The molecule has 1 atom stereocenters. The number of nitrogens with zero attached hydrogens (tertiary/aromatic N) is 1. The van der Waals surface area contributed by atoms with Gasteiger partial charge in [0.2, 0.25) is 0 Å². The summed E-state index contributed by atoms with van der Waals surface area (Å²) in [5.41, 5.74) is 0.513. The number of rotatable bonds is 6. The Morgan fingerprint density at radius 3 is 2.47 bits per heavy atom. The lowest BCUT2D eigenvalue weighted by Gasteiger charge is -2.21. The van der Waals surface area contributed by atoms with Crippen LogP contribution in [0.15, 0.2) is 30.3 Å². The number of urea groups is 1. The van der Waals surface area contributed by atoms with Gasteiger partial charge in [-0.15, -0.1) is 0 Å². The van der Waals surface area contributed by atoms with Crippen LogP contribution in [0.2, 0.25) is 0 Å². The van der Waals surface area contributed by atoms with Gasteiger partial charge in [-0.1, -0.05) is 30.3 Å². The summed E-state index contributed by atoms with van der Waals surface area (Å²) in [6, 6.07) is 6.94. The molecule has 0 aliphatic carbocycles. The third kappa shape index (κ3) is 4.59. The summed E-state index contributed by atoms with van der Waals surface area (Å²) in [6.07, 6.45) is 0.451. The predicted octanol–water partition coefficient (Wildman–Crippen LogP) is 0.836. The maximum atomic E-state index is 11.8. The zero-order valence-corrected chi connectivity index (χ0v) is 10.7. The quantitative estimate of drug-likeness (QED) is 0.711. The van der Waals surface area contributed by atoms with Gasteiger partial charge in [0.15, 0.2) is 6.04 Å². The Labute approximate surface area is 111 Å². The molecule has 0 radical (unpaired) electrons. The minimum atomic E-state index is -1.12. The topological polar surface area (TPSA) is 89.9 Å². The van der Waals surface area contributed by atoms with Crippen LogP contribution in [0.25, 0.3) is 0 Å². The molecule has 104 valence electrons. The summed E-state index contributed by atoms with van der Waals surface area (Å²) in [7, 11) is 1.55. The van der Waals surface area contributed by atoms with Gasteiger partial charge in [-0.05, 0) is 12.0 Å². The molecule has 0 fully saturated rings. The van der Waals surface area contributed by atoms with Crippen LogP contribution in [0.3, 0.4) is 0 Å². The number of aliphatic hydroxyl groups is 1. The highest BCUT2D eigenvalue weighted by Gasteiger charge is 2.23. The van der Waals surface area contributed by atoms with Crippen molar-refractivity contribution in [1.82, 2.24) is 10.2 Å². The lowest BCUT2D eigenvalue weighted by atomic mass is 10.1. The predicted molar refractivity (Wildman–Crippen MR) is 69.7 cm³/mol. The number of carboxylic acid groups (broad SMARTS) is 1. The Morgan fingerprint density at radius 2 is 1.95 bits per heavy atom. The molecule has 0 aromatic heterocycles. The molecule has 0 spiro atoms. The third-order valence-corrected chi connectivity index (χ3v) is 2.65. The van der Waals surface area contributed by atoms with Crippen molar-refractivity contribution >= 4 is 12.0 Å². The van der Waals surface area contributed by atoms with Crippen LogP contribution in [0, 0.1) is 0 Å². The summed E-state index contributed by atoms with van der Waals surface area (Å²) in [4.78, 5) is 24.3. The van der Waals surface area contributed by atoms with Crippen LogP contribution in [-0.2, 0) is 4.79 Å². The molecule has 0 heterocycles. The highest BCUT2D eigenvalue weighted by atomic mass is 16.4. The standard InChI is InChI=1S/C13H18N2O4/c1-15(8-5-9-16)13(19)14-11(12(17)18)10-6-3-2-4-7-10/h2-4,6-7,11,16H,5,8-9H2,1H3,(H,14,19)(H,17,18)/t11-/m1/s1. The van der Waals surface area contributed by atoms with E-state index in [4.69, 9.17) is 10.2 Å². The second-order valence-corrected chi connectivity index (χ2v) is 4.13. The fourth-order valence-corrected chi connectivity index (χ4v) is 1.58. The Kier molecular flexibility index (Phi) is 5.81. The maximum Gasteiger partial charge on any atom is 0.330 e. The first kappa shape index (κ1) is 15.0. The summed E-state index contributed by atoms with van der Waals surface area (Å²) in [6.45, 7) is 0.349. The number of benzene rings is 1. The fraction of sp³-hybridized carbons (Fsp3) is 0.385. The van der Waals surface area contributed by atoms with Crippen LogP contribution in [0.4, 0.5) is 4.79 Å². The van der Waals surface area contributed by atoms with Crippen molar-refractivity contribution in [2.75, 3.05) is 20.2 Å². The third-order valence-electron chi connectivity index (χ3n) is 2.65. The van der Waals surface area contributed by atoms with E-state index in [1.165, 1.54) is 4.90 Å². The van der Waals surface area contributed by atoms with Gasteiger partial charge in [0.1, 0.15) is 0 Å². The van der Waals surface area contributed by atoms with Crippen molar-refractivity contribution < 1.29 is 19.8 Å². The lowest BCUT2D eigenvalue weighted by Crippen LogP contribution is -2.42. The van der Waals surface area contributed by atoms with Gasteiger partial charge < -0.3 is 20.4 Å². The van der Waals surface area contributed by atoms with Gasteiger partial charge in [0.05, 0.1) is 0 Å². The number of hydrogen-bond acceptors (Lipinski definition) is 3. The zero-order valence-electron chi connectivity index (χ0n) is 10.7. The van der Waals surface area contributed by atoms with Gasteiger partial charge in [-0.3, -0.25) is 0 Å². The molecular weight excluding hydrogens is 248 g/mol. The highest BCUT2D eigenvalue weighted by molar-refractivity contribution is 5.83. The maximum absolute atomic E-state index is 11.8. The van der Waals surface area contributed by atoms with Gasteiger partial charge in [-0.25, -0.2) is 9.59 Å². The minimum absolute atomic E-state index is 0.0152. The fourth-order valence-electron chi connectivity index (χ4n) is 1.58. The van der Waals surface area contributed by atoms with Gasteiger partial charge in [-0.2, -0.15) is 0 Å². The first-order valence-corrected chi connectivity index (χ1v) is 5.96.